The molecule has 4 saturated heterocycles. The molecule has 13 heteroatoms. The molecule has 5 rings (SSSR count). The average Bonchev–Trinajstić information content (AvgIpc) is 3.52. The van der Waals surface area contributed by atoms with Gasteiger partial charge in [-0.25, -0.2) is 4.79 Å². The number of carbonyl (C=O) groups excluding carboxylic acids is 3. The predicted octanol–water partition coefficient (Wildman–Crippen LogP) is 2.59. The number of aliphatic hydroxyl groups excluding tert-OH is 1. The van der Waals surface area contributed by atoms with Crippen LogP contribution in [0.5, 0.6) is 0 Å². The fourth-order valence-corrected chi connectivity index (χ4v) is 10.8. The summed E-state index contributed by atoms with van der Waals surface area (Å²) in [6.07, 6.45) is 6.01. The number of Topliss-reactive ketones (excluding diaryl/α,β-unsaturated/α-hetero) is 1. The van der Waals surface area contributed by atoms with Gasteiger partial charge in [-0.15, -0.1) is 0 Å². The second kappa shape index (κ2) is 19.5. The van der Waals surface area contributed by atoms with Gasteiger partial charge in [-0.05, 0) is 95.6 Å². The zero-order chi connectivity index (χ0) is 42.2. The van der Waals surface area contributed by atoms with E-state index in [0.29, 0.717) is 57.8 Å². The molecule has 0 aliphatic carbocycles. The first-order valence-corrected chi connectivity index (χ1v) is 21.8. The molecule has 0 bridgehead atoms. The van der Waals surface area contributed by atoms with Crippen LogP contribution in [0.4, 0.5) is 0 Å². The Hall–Kier alpha value is -1.19. The third-order valence-corrected chi connectivity index (χ3v) is 14.8. The van der Waals surface area contributed by atoms with Crippen molar-refractivity contribution in [2.75, 3.05) is 0 Å². The Balaban J connectivity index is 0.00000744. The molecule has 4 fully saturated rings. The molecule has 0 aromatic rings. The number of ketones is 1. The Morgan fingerprint density at radius 3 is 2.21 bits per heavy atom. The van der Waals surface area contributed by atoms with Crippen LogP contribution in [0.1, 0.15) is 133 Å². The first-order valence-electron chi connectivity index (χ1n) is 21.8. The second-order valence-corrected chi connectivity index (χ2v) is 18.5. The molecule has 0 radical (unpaired) electrons. The molecule has 324 valence electrons. The van der Waals surface area contributed by atoms with Crippen LogP contribution in [0.2, 0.25) is 0 Å². The number of carboxylic acid groups (broad SMARTS) is 1. The minimum atomic E-state index is -1.43. The van der Waals surface area contributed by atoms with Crippen molar-refractivity contribution in [3.63, 3.8) is 0 Å². The Kier molecular flexibility index (Phi) is 16.6. The Morgan fingerprint density at radius 2 is 1.62 bits per heavy atom. The molecule has 2 spiro atoms. The zero-order valence-electron chi connectivity index (χ0n) is 37.1. The molecule has 0 aromatic carbocycles. The number of esters is 1. The molecule has 5 aliphatic rings. The summed E-state index contributed by atoms with van der Waals surface area (Å²) < 4.78 is 39.8. The summed E-state index contributed by atoms with van der Waals surface area (Å²) in [5.41, 5.74) is -1.75. The van der Waals surface area contributed by atoms with Gasteiger partial charge in [0.15, 0.2) is 11.9 Å². The van der Waals surface area contributed by atoms with E-state index >= 15 is 0 Å². The molecular weight excluding hydrogens is 755 g/mol. The summed E-state index contributed by atoms with van der Waals surface area (Å²) in [6, 6.07) is 0. The van der Waals surface area contributed by atoms with Crippen LogP contribution in [-0.4, -0.2) is 93.4 Å². The minimum absolute atomic E-state index is 0. The summed E-state index contributed by atoms with van der Waals surface area (Å²) >= 11 is 0. The number of aliphatic carboxylic acids is 1. The largest absolute Gasteiger partial charge is 1.00 e. The maximum absolute atomic E-state index is 14.6. The number of aliphatic hydroxyl groups is 2. The van der Waals surface area contributed by atoms with Gasteiger partial charge >= 0.3 is 35.5 Å². The van der Waals surface area contributed by atoms with E-state index in [1.54, 1.807) is 19.1 Å². The van der Waals surface area contributed by atoms with Crippen LogP contribution in [0.25, 0.3) is 0 Å². The standard InChI is InChI=1S/C45H72O12.Na/c1-12-31(41(49)50)33-17-16-25(5)39(53-33)29(9)37(47)28(8)38(48)32(13-2)40-26(6)24-27(7)44(55-40)21-19-35(54-36(46)14-3)45(57-44)23-22-42(11,56-45)34-18-20-43(51,15-4)30(10)52-34;/h14,19,21,25-35,37,39-40,47,51H,3,12-13,15-18,20,22-24H2,1-2,4-11H3,(H,49,50);/q;+1/p-1/t25-,26-,27+,28-,29-,30-,31+,32-,33+,34+,35+,37+,39+,40-,42-,43+,44-,45-;/m0./s1. The van der Waals surface area contributed by atoms with E-state index in [2.05, 4.69) is 13.5 Å². The van der Waals surface area contributed by atoms with Gasteiger partial charge in [-0.2, -0.15) is 0 Å². The van der Waals surface area contributed by atoms with E-state index in [1.165, 1.54) is 0 Å². The fourth-order valence-electron chi connectivity index (χ4n) is 10.8. The zero-order valence-corrected chi connectivity index (χ0v) is 39.1. The van der Waals surface area contributed by atoms with Crippen molar-refractivity contribution in [3.05, 3.63) is 24.8 Å². The first kappa shape index (κ1) is 49.5. The molecule has 12 nitrogen and oxygen atoms in total. The van der Waals surface area contributed by atoms with Crippen molar-refractivity contribution in [2.24, 2.45) is 41.4 Å². The Morgan fingerprint density at radius 1 is 0.948 bits per heavy atom. The van der Waals surface area contributed by atoms with Crippen LogP contribution in [0.3, 0.4) is 0 Å². The average molecular weight is 827 g/mol. The van der Waals surface area contributed by atoms with Crippen molar-refractivity contribution < 1.29 is 87.7 Å². The van der Waals surface area contributed by atoms with E-state index in [1.807, 2.05) is 55.4 Å². The first-order chi connectivity index (χ1) is 26.7. The van der Waals surface area contributed by atoms with E-state index in [9.17, 15) is 29.7 Å². The number of carboxylic acids is 1. The second-order valence-electron chi connectivity index (χ2n) is 18.5. The topological polar surface area (TPSA) is 170 Å². The maximum atomic E-state index is 14.6. The normalized spacial score (nSPS) is 42.8. The van der Waals surface area contributed by atoms with Gasteiger partial charge in [0.2, 0.25) is 5.79 Å². The number of ether oxygens (including phenoxy) is 6. The SMILES string of the molecule is C=CC(=O)O[C@@H]1C=C[C@]2(O[C@H]([C@@H](CC)C(=O)[C@@H](C)[C@@H](O)[C@H](C)[C@@H]3O[C@@H]([C@@H](CC)C(=O)[O-])CC[C@@H]3C)[C@@H](C)C[C@H]2C)O[C@@]12CC[C@@](C)([C@H]1CC[C@](O)(CC)[C@H](C)O1)O2.[Na+]. The summed E-state index contributed by atoms with van der Waals surface area (Å²) in [5.74, 6) is -7.25. The smallest absolute Gasteiger partial charge is 0.550 e. The molecule has 0 aromatic heterocycles. The molecule has 58 heavy (non-hydrogen) atoms. The third-order valence-electron chi connectivity index (χ3n) is 14.8. The Bertz CT molecular complexity index is 1490. The molecule has 5 aliphatic heterocycles. The van der Waals surface area contributed by atoms with Gasteiger partial charge in [-0.3, -0.25) is 4.79 Å². The summed E-state index contributed by atoms with van der Waals surface area (Å²) in [7, 11) is 0. The molecular formula is C45H71NaO12. The third kappa shape index (κ3) is 9.57. The van der Waals surface area contributed by atoms with Gasteiger partial charge in [0, 0.05) is 48.1 Å². The predicted molar refractivity (Wildman–Crippen MR) is 210 cm³/mol. The van der Waals surface area contributed by atoms with Crippen molar-refractivity contribution in [3.8, 4) is 0 Å². The van der Waals surface area contributed by atoms with Crippen molar-refractivity contribution in [1.29, 1.82) is 0 Å². The quantitative estimate of drug-likeness (QED) is 0.114. The number of hydrogen-bond acceptors (Lipinski definition) is 12. The summed E-state index contributed by atoms with van der Waals surface area (Å²) in [5, 5.41) is 34.8. The molecule has 0 unspecified atom stereocenters. The fraction of sp³-hybridized carbons (Fsp3) is 0.844. The van der Waals surface area contributed by atoms with Gasteiger partial charge in [0.1, 0.15) is 5.78 Å². The minimum Gasteiger partial charge on any atom is -0.550 e. The van der Waals surface area contributed by atoms with Crippen molar-refractivity contribution >= 4 is 17.7 Å². The van der Waals surface area contributed by atoms with Gasteiger partial charge in [-0.1, -0.05) is 62.0 Å². The van der Waals surface area contributed by atoms with E-state index in [0.717, 1.165) is 12.5 Å². The summed E-state index contributed by atoms with van der Waals surface area (Å²) in [4.78, 5) is 39.1. The van der Waals surface area contributed by atoms with Crippen LogP contribution in [0, 0.1) is 41.4 Å². The molecule has 0 saturated carbocycles. The number of hydrogen-bond donors (Lipinski definition) is 2. The van der Waals surface area contributed by atoms with Crippen molar-refractivity contribution in [1.82, 2.24) is 0 Å². The van der Waals surface area contributed by atoms with Crippen molar-refractivity contribution in [2.45, 2.75) is 199 Å². The van der Waals surface area contributed by atoms with Gasteiger partial charge < -0.3 is 48.5 Å². The molecule has 2 N–H and O–H groups in total. The van der Waals surface area contributed by atoms with Crippen LogP contribution < -0.4 is 34.7 Å². The van der Waals surface area contributed by atoms with Gasteiger partial charge in [0.05, 0.1) is 47.8 Å². The molecule has 18 atom stereocenters. The van der Waals surface area contributed by atoms with E-state index in [-0.39, 0.29) is 59.2 Å². The van der Waals surface area contributed by atoms with Crippen LogP contribution in [0.15, 0.2) is 24.8 Å². The van der Waals surface area contributed by atoms with E-state index in [4.69, 9.17) is 28.4 Å². The Labute approximate surface area is 368 Å². The molecule has 5 heterocycles. The number of rotatable bonds is 14. The van der Waals surface area contributed by atoms with Crippen LogP contribution >= 0.6 is 0 Å². The number of carbonyl (C=O) groups is 3. The van der Waals surface area contributed by atoms with E-state index < -0.39 is 95.0 Å². The van der Waals surface area contributed by atoms with Crippen LogP contribution in [-0.2, 0) is 42.8 Å². The molecule has 0 amide bonds. The monoisotopic (exact) mass is 826 g/mol. The van der Waals surface area contributed by atoms with Gasteiger partial charge in [0.25, 0.3) is 0 Å². The maximum Gasteiger partial charge on any atom is 1.00 e. The summed E-state index contributed by atoms with van der Waals surface area (Å²) in [6.45, 7) is 23.0.